The number of hydrogen-bond donors (Lipinski definition) is 0. The van der Waals surface area contributed by atoms with Gasteiger partial charge in [-0.05, 0) is 35.4 Å². The Morgan fingerprint density at radius 2 is 1.91 bits per heavy atom. The minimum Gasteiger partial charge on any atom is -0.195 e. The summed E-state index contributed by atoms with van der Waals surface area (Å²) in [6, 6.07) is 15.2. The van der Waals surface area contributed by atoms with E-state index in [1.54, 1.807) is 29.0 Å². The van der Waals surface area contributed by atoms with E-state index in [9.17, 15) is 0 Å². The number of aromatic nitrogens is 3. The average Bonchev–Trinajstić information content (AvgIpc) is 3.00. The third-order valence-electron chi connectivity index (χ3n) is 2.96. The Kier molecular flexibility index (Phi) is 5.33. The molecule has 1 heterocycles. The van der Waals surface area contributed by atoms with Gasteiger partial charge in [-0.25, -0.2) is 0 Å². The minimum atomic E-state index is 0.676. The summed E-state index contributed by atoms with van der Waals surface area (Å²) in [5.74, 6) is 0.766. The predicted molar refractivity (Wildman–Crippen MR) is 95.5 cm³/mol. The lowest BCUT2D eigenvalue weighted by Crippen LogP contribution is -1.92. The van der Waals surface area contributed by atoms with E-state index in [4.69, 9.17) is 23.2 Å². The molecule has 2 aromatic carbocycles. The molecule has 0 radical (unpaired) electrons. The predicted octanol–water partition coefficient (Wildman–Crippen LogP) is 4.76. The zero-order valence-corrected chi connectivity index (χ0v) is 14.3. The Balaban J connectivity index is 1.68. The highest BCUT2D eigenvalue weighted by molar-refractivity contribution is 7.98. The first-order chi connectivity index (χ1) is 11.2. The van der Waals surface area contributed by atoms with Crippen LogP contribution in [0.2, 0.25) is 10.0 Å². The van der Waals surface area contributed by atoms with Gasteiger partial charge in [0.05, 0.1) is 6.21 Å². The first-order valence-corrected chi connectivity index (χ1v) is 8.52. The fourth-order valence-electron chi connectivity index (χ4n) is 1.84. The number of rotatable bonds is 5. The highest BCUT2D eigenvalue weighted by Gasteiger charge is 2.04. The molecule has 0 spiro atoms. The van der Waals surface area contributed by atoms with Crippen LogP contribution < -0.4 is 0 Å². The number of hydrogen-bond acceptors (Lipinski definition) is 4. The van der Waals surface area contributed by atoms with Gasteiger partial charge >= 0.3 is 0 Å². The molecule has 0 bridgehead atoms. The lowest BCUT2D eigenvalue weighted by molar-refractivity contribution is 0.767. The van der Waals surface area contributed by atoms with Gasteiger partial charge in [0.2, 0.25) is 5.16 Å². The van der Waals surface area contributed by atoms with Gasteiger partial charge in [0.15, 0.2) is 0 Å². The topological polar surface area (TPSA) is 43.1 Å². The van der Waals surface area contributed by atoms with Gasteiger partial charge in [0, 0.05) is 15.8 Å². The summed E-state index contributed by atoms with van der Waals surface area (Å²) in [6.45, 7) is 0. The molecule has 3 rings (SSSR count). The van der Waals surface area contributed by atoms with Gasteiger partial charge in [-0.3, -0.25) is 0 Å². The van der Waals surface area contributed by atoms with Crippen molar-refractivity contribution in [3.8, 4) is 0 Å². The van der Waals surface area contributed by atoms with Crippen LogP contribution in [-0.4, -0.2) is 21.1 Å². The van der Waals surface area contributed by atoms with Gasteiger partial charge in [-0.2, -0.15) is 9.78 Å². The Morgan fingerprint density at radius 1 is 1.09 bits per heavy atom. The molecule has 0 unspecified atom stereocenters. The van der Waals surface area contributed by atoms with Crippen LogP contribution in [0.15, 0.2) is 65.1 Å². The highest BCUT2D eigenvalue weighted by Crippen LogP contribution is 2.21. The zero-order chi connectivity index (χ0) is 16.1. The molecule has 0 amide bonds. The average molecular weight is 363 g/mol. The maximum atomic E-state index is 5.96. The third-order valence-corrected chi connectivity index (χ3v) is 4.45. The maximum absolute atomic E-state index is 5.96. The van der Waals surface area contributed by atoms with Crippen molar-refractivity contribution in [3.63, 3.8) is 0 Å². The van der Waals surface area contributed by atoms with Crippen LogP contribution >= 0.6 is 35.0 Å². The summed E-state index contributed by atoms with van der Waals surface area (Å²) in [5.41, 5.74) is 2.08. The standard InChI is InChI=1S/C16H12Cl2N4S/c17-14-6-4-12(5-7-14)10-23-16-21-19-11-22(16)20-9-13-2-1-3-15(18)8-13/h1-9,11H,10H2/b20-9+. The molecule has 0 aliphatic carbocycles. The van der Waals surface area contributed by atoms with E-state index in [-0.39, 0.29) is 0 Å². The molecule has 0 fully saturated rings. The van der Waals surface area contributed by atoms with Crippen LogP contribution in [0.3, 0.4) is 0 Å². The molecular weight excluding hydrogens is 351 g/mol. The van der Waals surface area contributed by atoms with Crippen molar-refractivity contribution in [2.45, 2.75) is 10.9 Å². The van der Waals surface area contributed by atoms with Crippen LogP contribution in [0.4, 0.5) is 0 Å². The summed E-state index contributed by atoms with van der Waals surface area (Å²) in [6.07, 6.45) is 3.30. The molecule has 0 saturated carbocycles. The molecule has 0 saturated heterocycles. The molecule has 1 aromatic heterocycles. The van der Waals surface area contributed by atoms with E-state index < -0.39 is 0 Å². The summed E-state index contributed by atoms with van der Waals surface area (Å²) in [5, 5.41) is 14.5. The molecule has 0 atom stereocenters. The molecule has 3 aromatic rings. The molecule has 23 heavy (non-hydrogen) atoms. The van der Waals surface area contributed by atoms with E-state index in [0.29, 0.717) is 5.02 Å². The number of nitrogens with zero attached hydrogens (tertiary/aromatic N) is 4. The summed E-state index contributed by atoms with van der Waals surface area (Å²) >= 11 is 13.4. The normalized spacial score (nSPS) is 11.2. The van der Waals surface area contributed by atoms with Crippen LogP contribution in [0, 0.1) is 0 Å². The van der Waals surface area contributed by atoms with Crippen molar-refractivity contribution in [2.75, 3.05) is 0 Å². The summed E-state index contributed by atoms with van der Waals surface area (Å²) in [7, 11) is 0. The largest absolute Gasteiger partial charge is 0.212 e. The smallest absolute Gasteiger partial charge is 0.195 e. The highest BCUT2D eigenvalue weighted by atomic mass is 35.5. The summed E-state index contributed by atoms with van der Waals surface area (Å²) in [4.78, 5) is 0. The second kappa shape index (κ2) is 7.64. The van der Waals surface area contributed by atoms with E-state index in [1.165, 1.54) is 0 Å². The number of benzene rings is 2. The van der Waals surface area contributed by atoms with Crippen molar-refractivity contribution in [1.29, 1.82) is 0 Å². The van der Waals surface area contributed by atoms with Crippen molar-refractivity contribution < 1.29 is 0 Å². The first-order valence-electron chi connectivity index (χ1n) is 6.78. The molecule has 0 N–H and O–H groups in total. The van der Waals surface area contributed by atoms with Gasteiger partial charge in [-0.15, -0.1) is 10.2 Å². The SMILES string of the molecule is Clc1ccc(CSc2nncn2/N=C/c2cccc(Cl)c2)cc1. The van der Waals surface area contributed by atoms with Gasteiger partial charge in [-0.1, -0.05) is 59.2 Å². The van der Waals surface area contributed by atoms with Crippen LogP contribution in [-0.2, 0) is 5.75 Å². The molecule has 116 valence electrons. The molecule has 0 aliphatic rings. The molecule has 0 aliphatic heterocycles. The van der Waals surface area contributed by atoms with E-state index >= 15 is 0 Å². The van der Waals surface area contributed by atoms with Crippen molar-refractivity contribution >= 4 is 41.2 Å². The lowest BCUT2D eigenvalue weighted by Gasteiger charge is -2.01. The van der Waals surface area contributed by atoms with Crippen molar-refractivity contribution in [2.24, 2.45) is 5.10 Å². The first kappa shape index (κ1) is 16.1. The zero-order valence-electron chi connectivity index (χ0n) is 11.9. The van der Waals surface area contributed by atoms with E-state index in [1.807, 2.05) is 48.5 Å². The molecule has 4 nitrogen and oxygen atoms in total. The van der Waals surface area contributed by atoms with Crippen LogP contribution in [0.5, 0.6) is 0 Å². The van der Waals surface area contributed by atoms with Gasteiger partial charge in [0.25, 0.3) is 0 Å². The second-order valence-electron chi connectivity index (χ2n) is 4.67. The lowest BCUT2D eigenvalue weighted by atomic mass is 10.2. The van der Waals surface area contributed by atoms with Crippen molar-refractivity contribution in [3.05, 3.63) is 76.0 Å². The number of thioether (sulfide) groups is 1. The Bertz CT molecular complexity index is 815. The molecule has 7 heteroatoms. The van der Waals surface area contributed by atoms with Crippen LogP contribution in [0.25, 0.3) is 0 Å². The van der Waals surface area contributed by atoms with E-state index in [0.717, 1.165) is 27.1 Å². The Morgan fingerprint density at radius 3 is 2.70 bits per heavy atom. The number of halogens is 2. The second-order valence-corrected chi connectivity index (χ2v) is 6.49. The van der Waals surface area contributed by atoms with Crippen molar-refractivity contribution in [1.82, 2.24) is 14.9 Å². The Labute approximate surface area is 148 Å². The van der Waals surface area contributed by atoms with E-state index in [2.05, 4.69) is 15.3 Å². The third kappa shape index (κ3) is 4.58. The quantitative estimate of drug-likeness (QED) is 0.485. The maximum Gasteiger partial charge on any atom is 0.212 e. The summed E-state index contributed by atoms with van der Waals surface area (Å²) < 4.78 is 1.64. The Hall–Kier alpha value is -1.82. The van der Waals surface area contributed by atoms with Gasteiger partial charge < -0.3 is 0 Å². The monoisotopic (exact) mass is 362 g/mol. The fraction of sp³-hybridized carbons (Fsp3) is 0.0625. The fourth-order valence-corrected chi connectivity index (χ4v) is 2.98. The van der Waals surface area contributed by atoms with Gasteiger partial charge in [0.1, 0.15) is 6.33 Å². The molecular formula is C16H12Cl2N4S. The van der Waals surface area contributed by atoms with Crippen LogP contribution in [0.1, 0.15) is 11.1 Å². The minimum absolute atomic E-state index is 0.676.